The lowest BCUT2D eigenvalue weighted by atomic mass is 9.99. The molecule has 2 saturated heterocycles. The van der Waals surface area contributed by atoms with Crippen molar-refractivity contribution in [1.82, 2.24) is 9.80 Å². The van der Waals surface area contributed by atoms with Gasteiger partial charge in [-0.2, -0.15) is 13.2 Å². The average Bonchev–Trinajstić information content (AvgIpc) is 2.67. The Morgan fingerprint density at radius 1 is 1.11 bits per heavy atom. The Balaban J connectivity index is 1.56. The Hall–Kier alpha value is -1.38. The van der Waals surface area contributed by atoms with Crippen molar-refractivity contribution in [2.75, 3.05) is 44.7 Å². The Morgan fingerprint density at radius 2 is 1.81 bits per heavy atom. The zero-order valence-corrected chi connectivity index (χ0v) is 16.1. The highest BCUT2D eigenvalue weighted by Crippen LogP contribution is 2.30. The van der Waals surface area contributed by atoms with Crippen molar-refractivity contribution >= 4 is 23.0 Å². The van der Waals surface area contributed by atoms with Crippen LogP contribution in [0.3, 0.4) is 0 Å². The van der Waals surface area contributed by atoms with Gasteiger partial charge in [-0.3, -0.25) is 4.90 Å². The van der Waals surface area contributed by atoms with E-state index in [1.54, 1.807) is 0 Å². The van der Waals surface area contributed by atoms with Crippen molar-refractivity contribution in [3.05, 3.63) is 29.8 Å². The molecule has 1 aromatic rings. The van der Waals surface area contributed by atoms with Gasteiger partial charge in [0, 0.05) is 37.9 Å². The van der Waals surface area contributed by atoms with Gasteiger partial charge >= 0.3 is 6.18 Å². The number of likely N-dealkylation sites (tertiary alicyclic amines) is 1. The largest absolute Gasteiger partial charge is 0.416 e. The number of benzene rings is 1. The number of anilines is 1. The molecule has 2 heterocycles. The van der Waals surface area contributed by atoms with E-state index in [0.717, 1.165) is 70.8 Å². The van der Waals surface area contributed by atoms with Gasteiger partial charge in [-0.15, -0.1) is 0 Å². The summed E-state index contributed by atoms with van der Waals surface area (Å²) in [5, 5.41) is 3.71. The molecule has 3 rings (SSSR count). The van der Waals surface area contributed by atoms with E-state index in [4.69, 9.17) is 17.0 Å². The number of thiocarbonyl (C=S) groups is 1. The first kappa shape index (κ1) is 20.4. The van der Waals surface area contributed by atoms with Crippen LogP contribution in [0.2, 0.25) is 0 Å². The van der Waals surface area contributed by atoms with Crippen LogP contribution in [-0.2, 0) is 10.9 Å². The van der Waals surface area contributed by atoms with Crippen LogP contribution in [0.5, 0.6) is 0 Å². The molecule has 150 valence electrons. The summed E-state index contributed by atoms with van der Waals surface area (Å²) in [6, 6.07) is 5.40. The topological polar surface area (TPSA) is 27.7 Å². The van der Waals surface area contributed by atoms with Gasteiger partial charge in [-0.05, 0) is 62.2 Å². The van der Waals surface area contributed by atoms with Crippen molar-refractivity contribution in [3.63, 3.8) is 0 Å². The summed E-state index contributed by atoms with van der Waals surface area (Å²) in [6.07, 6.45) is 0.0839. The molecule has 0 radical (unpaired) electrons. The summed E-state index contributed by atoms with van der Waals surface area (Å²) in [4.78, 5) is 4.62. The lowest BCUT2D eigenvalue weighted by molar-refractivity contribution is -0.137. The van der Waals surface area contributed by atoms with Crippen LogP contribution < -0.4 is 5.32 Å². The summed E-state index contributed by atoms with van der Waals surface area (Å²) >= 11 is 5.57. The Labute approximate surface area is 163 Å². The zero-order chi connectivity index (χ0) is 19.3. The standard InChI is InChI=1S/C19H26F3N3OS/c20-19(21,22)15-4-6-16(7-5-15)23-18(27)25-9-2-1-3-17(25)8-10-24-11-13-26-14-12-24/h4-7,17H,1-3,8-14H2,(H,23,27). The van der Waals surface area contributed by atoms with Gasteiger partial charge in [-0.25, -0.2) is 0 Å². The normalized spacial score (nSPS) is 21.9. The summed E-state index contributed by atoms with van der Waals surface area (Å²) in [7, 11) is 0. The first-order valence-electron chi connectivity index (χ1n) is 9.48. The fourth-order valence-electron chi connectivity index (χ4n) is 3.66. The molecule has 0 amide bonds. The number of rotatable bonds is 4. The molecule has 0 aliphatic carbocycles. The first-order chi connectivity index (χ1) is 12.9. The Morgan fingerprint density at radius 3 is 2.48 bits per heavy atom. The van der Waals surface area contributed by atoms with Crippen LogP contribution in [0.4, 0.5) is 18.9 Å². The molecule has 1 unspecified atom stereocenters. The van der Waals surface area contributed by atoms with Crippen molar-refractivity contribution in [2.45, 2.75) is 37.9 Å². The molecule has 2 aliphatic rings. The van der Waals surface area contributed by atoms with E-state index in [9.17, 15) is 13.2 Å². The smallest absolute Gasteiger partial charge is 0.379 e. The van der Waals surface area contributed by atoms with Crippen molar-refractivity contribution < 1.29 is 17.9 Å². The highest BCUT2D eigenvalue weighted by atomic mass is 32.1. The fraction of sp³-hybridized carbons (Fsp3) is 0.632. The lowest BCUT2D eigenvalue weighted by Crippen LogP contribution is -2.47. The second kappa shape index (κ2) is 9.21. The molecule has 0 bridgehead atoms. The summed E-state index contributed by atoms with van der Waals surface area (Å²) < 4.78 is 43.5. The maximum Gasteiger partial charge on any atom is 0.416 e. The minimum atomic E-state index is -4.32. The second-order valence-corrected chi connectivity index (χ2v) is 7.48. The van der Waals surface area contributed by atoms with E-state index >= 15 is 0 Å². The van der Waals surface area contributed by atoms with E-state index in [0.29, 0.717) is 16.8 Å². The molecule has 1 aromatic carbocycles. The molecule has 0 spiro atoms. The first-order valence-corrected chi connectivity index (χ1v) is 9.89. The van der Waals surface area contributed by atoms with E-state index in [2.05, 4.69) is 15.1 Å². The number of morpholine rings is 1. The molecule has 1 atom stereocenters. The van der Waals surface area contributed by atoms with Crippen LogP contribution in [0, 0.1) is 0 Å². The number of piperidine rings is 1. The molecule has 27 heavy (non-hydrogen) atoms. The molecule has 8 heteroatoms. The van der Waals surface area contributed by atoms with Crippen molar-refractivity contribution in [1.29, 1.82) is 0 Å². The van der Waals surface area contributed by atoms with Crippen molar-refractivity contribution in [3.8, 4) is 0 Å². The number of nitrogens with one attached hydrogen (secondary N) is 1. The fourth-order valence-corrected chi connectivity index (χ4v) is 4.02. The minimum absolute atomic E-state index is 0.371. The number of hydrogen-bond acceptors (Lipinski definition) is 3. The molecule has 0 aromatic heterocycles. The predicted molar refractivity (Wildman–Crippen MR) is 104 cm³/mol. The van der Waals surface area contributed by atoms with Gasteiger partial charge in [0.25, 0.3) is 0 Å². The minimum Gasteiger partial charge on any atom is -0.379 e. The highest BCUT2D eigenvalue weighted by Gasteiger charge is 2.30. The van der Waals surface area contributed by atoms with E-state index in [1.807, 2.05) is 0 Å². The molecule has 2 aliphatic heterocycles. The second-order valence-electron chi connectivity index (χ2n) is 7.09. The number of halogens is 3. The number of alkyl halides is 3. The van der Waals surface area contributed by atoms with Gasteiger partial charge in [0.05, 0.1) is 18.8 Å². The number of hydrogen-bond donors (Lipinski definition) is 1. The van der Waals surface area contributed by atoms with E-state index in [1.165, 1.54) is 18.6 Å². The molecular weight excluding hydrogens is 375 g/mol. The molecular formula is C19H26F3N3OS. The van der Waals surface area contributed by atoms with Crippen LogP contribution in [0.25, 0.3) is 0 Å². The average molecular weight is 401 g/mol. The van der Waals surface area contributed by atoms with Crippen LogP contribution in [-0.4, -0.2) is 60.3 Å². The Bertz CT molecular complexity index is 618. The number of ether oxygens (including phenoxy) is 1. The summed E-state index contributed by atoms with van der Waals surface area (Å²) in [5.74, 6) is 0. The molecule has 2 fully saturated rings. The van der Waals surface area contributed by atoms with Crippen molar-refractivity contribution in [2.24, 2.45) is 0 Å². The monoisotopic (exact) mass is 401 g/mol. The maximum atomic E-state index is 12.7. The van der Waals surface area contributed by atoms with Gasteiger partial charge in [0.15, 0.2) is 5.11 Å². The third-order valence-electron chi connectivity index (χ3n) is 5.23. The van der Waals surface area contributed by atoms with E-state index in [-0.39, 0.29) is 0 Å². The van der Waals surface area contributed by atoms with Crippen LogP contribution >= 0.6 is 12.2 Å². The third kappa shape index (κ3) is 5.80. The molecule has 4 nitrogen and oxygen atoms in total. The highest BCUT2D eigenvalue weighted by molar-refractivity contribution is 7.80. The van der Waals surface area contributed by atoms with Crippen LogP contribution in [0.1, 0.15) is 31.2 Å². The summed E-state index contributed by atoms with van der Waals surface area (Å²) in [6.45, 7) is 5.44. The molecule has 1 N–H and O–H groups in total. The predicted octanol–water partition coefficient (Wildman–Crippen LogP) is 3.98. The van der Waals surface area contributed by atoms with E-state index < -0.39 is 11.7 Å². The van der Waals surface area contributed by atoms with Crippen LogP contribution in [0.15, 0.2) is 24.3 Å². The van der Waals surface area contributed by atoms with Gasteiger partial charge in [0.1, 0.15) is 0 Å². The SMILES string of the molecule is FC(F)(F)c1ccc(NC(=S)N2CCCCC2CCN2CCOCC2)cc1. The Kier molecular flexibility index (Phi) is 6.94. The lowest BCUT2D eigenvalue weighted by Gasteiger charge is -2.39. The molecule has 0 saturated carbocycles. The van der Waals surface area contributed by atoms with Gasteiger partial charge < -0.3 is 15.0 Å². The number of nitrogens with zero attached hydrogens (tertiary/aromatic N) is 2. The summed E-state index contributed by atoms with van der Waals surface area (Å²) in [5.41, 5.74) is -0.0640. The maximum absolute atomic E-state index is 12.7. The van der Waals surface area contributed by atoms with Gasteiger partial charge in [-0.1, -0.05) is 0 Å². The quantitative estimate of drug-likeness (QED) is 0.771. The third-order valence-corrected chi connectivity index (χ3v) is 5.57. The zero-order valence-electron chi connectivity index (χ0n) is 15.3. The van der Waals surface area contributed by atoms with Gasteiger partial charge in [0.2, 0.25) is 0 Å².